The molecule has 1 N–H and O–H groups in total. The summed E-state index contributed by atoms with van der Waals surface area (Å²) in [6, 6.07) is 3.38. The Kier molecular flexibility index (Phi) is 5.02. The molecular weight excluding hydrogens is 245 g/mol. The van der Waals surface area contributed by atoms with Gasteiger partial charge in [0.05, 0.1) is 18.3 Å². The molecule has 0 aliphatic heterocycles. The zero-order valence-corrected chi connectivity index (χ0v) is 10.4. The predicted molar refractivity (Wildman–Crippen MR) is 62.5 cm³/mol. The molecule has 0 aromatic heterocycles. The van der Waals surface area contributed by atoms with Crippen molar-refractivity contribution in [1.29, 1.82) is 0 Å². The molecular formula is C13H17F3O2. The summed E-state index contributed by atoms with van der Waals surface area (Å²) in [6.07, 6.45) is -4.21. The molecule has 1 unspecified atom stereocenters. The molecule has 102 valence electrons. The molecule has 1 aromatic rings. The normalized spacial score (nSPS) is 13.4. The van der Waals surface area contributed by atoms with Crippen LogP contribution >= 0.6 is 0 Å². The Morgan fingerprint density at radius 3 is 2.39 bits per heavy atom. The molecule has 0 spiro atoms. The molecule has 0 aliphatic rings. The average Bonchev–Trinajstić information content (AvgIpc) is 2.28. The Balaban J connectivity index is 3.13. The van der Waals surface area contributed by atoms with Crippen LogP contribution in [0.1, 0.15) is 43.9 Å². The minimum atomic E-state index is -4.44. The van der Waals surface area contributed by atoms with Crippen molar-refractivity contribution < 1.29 is 23.0 Å². The van der Waals surface area contributed by atoms with Crippen LogP contribution in [0.2, 0.25) is 0 Å². The van der Waals surface area contributed by atoms with E-state index in [1.165, 1.54) is 6.07 Å². The first-order valence-corrected chi connectivity index (χ1v) is 5.91. The third-order valence-electron chi connectivity index (χ3n) is 2.51. The van der Waals surface area contributed by atoms with Crippen LogP contribution in [0.15, 0.2) is 18.2 Å². The highest BCUT2D eigenvalue weighted by atomic mass is 19.4. The van der Waals surface area contributed by atoms with Crippen LogP contribution in [0.25, 0.3) is 0 Å². The lowest BCUT2D eigenvalue weighted by Crippen LogP contribution is -2.08. The summed E-state index contributed by atoms with van der Waals surface area (Å²) in [6.45, 7) is 3.84. The Bertz CT molecular complexity index is 388. The third kappa shape index (κ3) is 3.91. The lowest BCUT2D eigenvalue weighted by molar-refractivity contribution is -0.137. The summed E-state index contributed by atoms with van der Waals surface area (Å²) >= 11 is 0. The Morgan fingerprint density at radius 1 is 1.22 bits per heavy atom. The van der Waals surface area contributed by atoms with E-state index in [0.717, 1.165) is 12.1 Å². The van der Waals surface area contributed by atoms with Crippen molar-refractivity contribution in [3.05, 3.63) is 29.3 Å². The van der Waals surface area contributed by atoms with Gasteiger partial charge in [0, 0.05) is 0 Å². The molecule has 0 bridgehead atoms. The summed E-state index contributed by atoms with van der Waals surface area (Å²) in [7, 11) is 0. The first-order chi connectivity index (χ1) is 8.38. The highest BCUT2D eigenvalue weighted by molar-refractivity contribution is 5.37. The molecule has 0 heterocycles. The largest absolute Gasteiger partial charge is 0.494 e. The molecule has 0 amide bonds. The van der Waals surface area contributed by atoms with E-state index < -0.39 is 17.8 Å². The maximum Gasteiger partial charge on any atom is 0.416 e. The Hall–Kier alpha value is -1.23. The van der Waals surface area contributed by atoms with E-state index in [0.29, 0.717) is 12.8 Å². The van der Waals surface area contributed by atoms with Crippen LogP contribution in [-0.4, -0.2) is 11.7 Å². The number of hydrogen-bond donors (Lipinski definition) is 1. The van der Waals surface area contributed by atoms with Crippen LogP contribution in [0.5, 0.6) is 5.75 Å². The van der Waals surface area contributed by atoms with Crippen molar-refractivity contribution in [1.82, 2.24) is 0 Å². The Labute approximate surface area is 104 Å². The van der Waals surface area contributed by atoms with Gasteiger partial charge >= 0.3 is 6.18 Å². The van der Waals surface area contributed by atoms with Gasteiger partial charge in [0.25, 0.3) is 0 Å². The van der Waals surface area contributed by atoms with E-state index in [9.17, 15) is 18.3 Å². The van der Waals surface area contributed by atoms with Gasteiger partial charge < -0.3 is 9.84 Å². The molecule has 0 fully saturated rings. The highest BCUT2D eigenvalue weighted by Gasteiger charge is 2.32. The number of aliphatic hydroxyl groups excluding tert-OH is 1. The van der Waals surface area contributed by atoms with Gasteiger partial charge in [-0.15, -0.1) is 0 Å². The van der Waals surface area contributed by atoms with Gasteiger partial charge in [-0.3, -0.25) is 0 Å². The van der Waals surface area contributed by atoms with E-state index in [4.69, 9.17) is 4.74 Å². The van der Waals surface area contributed by atoms with Crippen molar-refractivity contribution in [2.24, 2.45) is 0 Å². The summed E-state index contributed by atoms with van der Waals surface area (Å²) in [5, 5.41) is 9.78. The summed E-state index contributed by atoms with van der Waals surface area (Å²) in [4.78, 5) is 0. The van der Waals surface area contributed by atoms with Gasteiger partial charge in [-0.05, 0) is 37.1 Å². The fourth-order valence-electron chi connectivity index (χ4n) is 1.67. The second kappa shape index (κ2) is 6.09. The molecule has 0 saturated heterocycles. The number of alkyl halides is 3. The Morgan fingerprint density at radius 2 is 1.89 bits per heavy atom. The molecule has 5 heteroatoms. The van der Waals surface area contributed by atoms with Crippen molar-refractivity contribution in [3.8, 4) is 5.75 Å². The molecule has 0 saturated carbocycles. The third-order valence-corrected chi connectivity index (χ3v) is 2.51. The molecule has 0 radical (unpaired) electrons. The van der Waals surface area contributed by atoms with E-state index in [2.05, 4.69) is 0 Å². The monoisotopic (exact) mass is 262 g/mol. The first kappa shape index (κ1) is 14.8. The lowest BCUT2D eigenvalue weighted by atomic mass is 10.0. The van der Waals surface area contributed by atoms with Crippen LogP contribution < -0.4 is 4.74 Å². The number of rotatable bonds is 5. The minimum absolute atomic E-state index is 0.137. The number of ether oxygens (including phenoxy) is 1. The van der Waals surface area contributed by atoms with Crippen molar-refractivity contribution in [2.75, 3.05) is 6.61 Å². The molecule has 1 atom stereocenters. The van der Waals surface area contributed by atoms with E-state index in [-0.39, 0.29) is 17.9 Å². The van der Waals surface area contributed by atoms with Crippen LogP contribution in [-0.2, 0) is 6.18 Å². The predicted octanol–water partition coefficient (Wildman–Crippen LogP) is 3.94. The maximum atomic E-state index is 12.7. The van der Waals surface area contributed by atoms with E-state index in [1.54, 1.807) is 6.92 Å². The number of aliphatic hydroxyl groups is 1. The maximum absolute atomic E-state index is 12.7. The standard InChI is InChI=1S/C13H17F3O2/c1-3-5-12(17)9-6-10(13(14,15)16)8-11(7-9)18-4-2/h6-8,12,17H,3-5H2,1-2H3. The zero-order valence-electron chi connectivity index (χ0n) is 10.4. The summed E-state index contributed by atoms with van der Waals surface area (Å²) in [5.74, 6) is 0.137. The van der Waals surface area contributed by atoms with Gasteiger partial charge in [-0.25, -0.2) is 0 Å². The van der Waals surface area contributed by atoms with Crippen molar-refractivity contribution in [3.63, 3.8) is 0 Å². The van der Waals surface area contributed by atoms with Gasteiger partial charge in [0.15, 0.2) is 0 Å². The number of halogens is 3. The van der Waals surface area contributed by atoms with E-state index >= 15 is 0 Å². The lowest BCUT2D eigenvalue weighted by Gasteiger charge is -2.15. The smallest absolute Gasteiger partial charge is 0.416 e. The average molecular weight is 262 g/mol. The summed E-state index contributed by atoms with van der Waals surface area (Å²) < 4.78 is 43.2. The van der Waals surface area contributed by atoms with Crippen molar-refractivity contribution in [2.45, 2.75) is 39.0 Å². The molecule has 2 nitrogen and oxygen atoms in total. The summed E-state index contributed by atoms with van der Waals surface area (Å²) in [5.41, 5.74) is -0.547. The van der Waals surface area contributed by atoms with Gasteiger partial charge in [0.2, 0.25) is 0 Å². The minimum Gasteiger partial charge on any atom is -0.494 e. The molecule has 18 heavy (non-hydrogen) atoms. The van der Waals surface area contributed by atoms with Crippen molar-refractivity contribution >= 4 is 0 Å². The fourth-order valence-corrected chi connectivity index (χ4v) is 1.67. The zero-order chi connectivity index (χ0) is 13.8. The second-order valence-electron chi connectivity index (χ2n) is 4.03. The number of benzene rings is 1. The topological polar surface area (TPSA) is 29.5 Å². The SMILES string of the molecule is CCCC(O)c1cc(OCC)cc(C(F)(F)F)c1. The van der Waals surface area contributed by atoms with Gasteiger partial charge in [-0.2, -0.15) is 13.2 Å². The van der Waals surface area contributed by atoms with Crippen LogP contribution in [0.4, 0.5) is 13.2 Å². The molecule has 1 aromatic carbocycles. The second-order valence-corrected chi connectivity index (χ2v) is 4.03. The van der Waals surface area contributed by atoms with E-state index in [1.807, 2.05) is 6.92 Å². The first-order valence-electron chi connectivity index (χ1n) is 5.91. The van der Waals surface area contributed by atoms with Crippen LogP contribution in [0.3, 0.4) is 0 Å². The fraction of sp³-hybridized carbons (Fsp3) is 0.538. The van der Waals surface area contributed by atoms with Crippen LogP contribution in [0, 0.1) is 0 Å². The van der Waals surface area contributed by atoms with Gasteiger partial charge in [-0.1, -0.05) is 13.3 Å². The highest BCUT2D eigenvalue weighted by Crippen LogP contribution is 2.34. The van der Waals surface area contributed by atoms with Gasteiger partial charge in [0.1, 0.15) is 5.75 Å². The molecule has 1 rings (SSSR count). The molecule has 0 aliphatic carbocycles. The number of hydrogen-bond acceptors (Lipinski definition) is 2. The quantitative estimate of drug-likeness (QED) is 0.871.